The number of likely N-dealkylation sites (tertiary alicyclic amines) is 1. The molecule has 2 heterocycles. The van der Waals surface area contributed by atoms with Gasteiger partial charge in [0.2, 0.25) is 0 Å². The van der Waals surface area contributed by atoms with Crippen LogP contribution in [0, 0.1) is 0 Å². The molecule has 0 bridgehead atoms. The lowest BCUT2D eigenvalue weighted by atomic mass is 10.1. The average molecular weight is 330 g/mol. The van der Waals surface area contributed by atoms with Crippen LogP contribution in [0.2, 0.25) is 0 Å². The van der Waals surface area contributed by atoms with Gasteiger partial charge in [-0.05, 0) is 57.5 Å². The van der Waals surface area contributed by atoms with Crippen LogP contribution in [0.1, 0.15) is 31.7 Å². The van der Waals surface area contributed by atoms with Gasteiger partial charge in [-0.1, -0.05) is 18.2 Å². The van der Waals surface area contributed by atoms with E-state index < -0.39 is 0 Å². The van der Waals surface area contributed by atoms with Crippen LogP contribution >= 0.6 is 0 Å². The highest BCUT2D eigenvalue weighted by atomic mass is 16.5. The minimum absolute atomic E-state index is 0.155. The van der Waals surface area contributed by atoms with Crippen LogP contribution < -0.4 is 15.4 Å². The van der Waals surface area contributed by atoms with Crippen LogP contribution in [-0.2, 0) is 6.42 Å². The fourth-order valence-electron chi connectivity index (χ4n) is 3.41. The van der Waals surface area contributed by atoms with Gasteiger partial charge in [0.05, 0.1) is 6.54 Å². The molecule has 0 saturated carbocycles. The fourth-order valence-corrected chi connectivity index (χ4v) is 3.41. The van der Waals surface area contributed by atoms with Gasteiger partial charge < -0.3 is 20.3 Å². The number of nitrogens with one attached hydrogen (secondary N) is 2. The Morgan fingerprint density at radius 2 is 2.08 bits per heavy atom. The molecular weight excluding hydrogens is 300 g/mol. The van der Waals surface area contributed by atoms with Crippen LogP contribution in [0.4, 0.5) is 0 Å². The summed E-state index contributed by atoms with van der Waals surface area (Å²) in [7, 11) is 0. The molecule has 1 unspecified atom stereocenters. The van der Waals surface area contributed by atoms with Crippen molar-refractivity contribution < 1.29 is 4.74 Å². The second kappa shape index (κ2) is 8.92. The van der Waals surface area contributed by atoms with Gasteiger partial charge in [0, 0.05) is 19.5 Å². The van der Waals surface area contributed by atoms with Crippen molar-refractivity contribution in [2.75, 3.05) is 39.3 Å². The van der Waals surface area contributed by atoms with Gasteiger partial charge in [-0.2, -0.15) is 0 Å². The molecule has 2 aliphatic rings. The molecule has 0 spiro atoms. The summed E-state index contributed by atoms with van der Waals surface area (Å²) in [6.07, 6.45) is 4.99. The van der Waals surface area contributed by atoms with Gasteiger partial charge in [-0.25, -0.2) is 4.99 Å². The molecule has 1 saturated heterocycles. The Morgan fingerprint density at radius 1 is 1.25 bits per heavy atom. The summed E-state index contributed by atoms with van der Waals surface area (Å²) in [5.74, 6) is 1.92. The highest BCUT2D eigenvalue weighted by Gasteiger charge is 2.21. The first-order valence-corrected chi connectivity index (χ1v) is 9.34. The highest BCUT2D eigenvalue weighted by Crippen LogP contribution is 2.28. The van der Waals surface area contributed by atoms with E-state index in [1.54, 1.807) is 0 Å². The standard InChI is InChI=1S/C19H30N4O/c1-2-20-19(21-10-7-13-23-11-5-6-12-23)22-15-17-14-16-8-3-4-9-18(16)24-17/h3-4,8-9,17H,2,5-7,10-15H2,1H3,(H2,20,21,22). The Bertz CT molecular complexity index is 515. The van der Waals surface area contributed by atoms with Gasteiger partial charge in [0.1, 0.15) is 11.9 Å². The van der Waals surface area contributed by atoms with Crippen molar-refractivity contribution in [2.24, 2.45) is 4.99 Å². The largest absolute Gasteiger partial charge is 0.488 e. The van der Waals surface area contributed by atoms with Crippen LogP contribution in [0.15, 0.2) is 29.3 Å². The van der Waals surface area contributed by atoms with Crippen molar-refractivity contribution in [2.45, 2.75) is 38.7 Å². The number of nitrogens with zero attached hydrogens (tertiary/aromatic N) is 2. The summed E-state index contributed by atoms with van der Waals surface area (Å²) in [5, 5.41) is 6.77. The first kappa shape index (κ1) is 17.1. The van der Waals surface area contributed by atoms with E-state index in [1.807, 2.05) is 12.1 Å². The van der Waals surface area contributed by atoms with Crippen molar-refractivity contribution in [1.82, 2.24) is 15.5 Å². The number of hydrogen-bond acceptors (Lipinski definition) is 3. The summed E-state index contributed by atoms with van der Waals surface area (Å²) in [6, 6.07) is 8.28. The number of para-hydroxylation sites is 1. The molecule has 3 rings (SSSR count). The maximum atomic E-state index is 5.96. The maximum absolute atomic E-state index is 5.96. The first-order valence-electron chi connectivity index (χ1n) is 9.34. The average Bonchev–Trinajstić information content (AvgIpc) is 3.25. The Hall–Kier alpha value is -1.75. The van der Waals surface area contributed by atoms with Gasteiger partial charge >= 0.3 is 0 Å². The Morgan fingerprint density at radius 3 is 2.88 bits per heavy atom. The lowest BCUT2D eigenvalue weighted by Crippen LogP contribution is -2.39. The molecule has 24 heavy (non-hydrogen) atoms. The molecule has 1 fully saturated rings. The van der Waals surface area contributed by atoms with Crippen molar-refractivity contribution >= 4 is 5.96 Å². The highest BCUT2D eigenvalue weighted by molar-refractivity contribution is 5.79. The molecule has 5 heteroatoms. The minimum atomic E-state index is 0.155. The van der Waals surface area contributed by atoms with E-state index in [1.165, 1.54) is 38.0 Å². The van der Waals surface area contributed by atoms with E-state index in [4.69, 9.17) is 9.73 Å². The molecule has 1 atom stereocenters. The summed E-state index contributed by atoms with van der Waals surface area (Å²) in [4.78, 5) is 7.25. The molecule has 2 aliphatic heterocycles. The molecule has 0 radical (unpaired) electrons. The molecule has 0 aromatic heterocycles. The SMILES string of the molecule is CCNC(=NCC1Cc2ccccc2O1)NCCCN1CCCC1. The smallest absolute Gasteiger partial charge is 0.191 e. The number of guanidine groups is 1. The summed E-state index contributed by atoms with van der Waals surface area (Å²) in [5.41, 5.74) is 1.29. The second-order valence-electron chi connectivity index (χ2n) is 6.60. The molecule has 1 aromatic rings. The van der Waals surface area contributed by atoms with Crippen molar-refractivity contribution in [3.8, 4) is 5.75 Å². The number of hydrogen-bond donors (Lipinski definition) is 2. The van der Waals surface area contributed by atoms with E-state index in [0.29, 0.717) is 6.54 Å². The Kier molecular flexibility index (Phi) is 6.35. The topological polar surface area (TPSA) is 48.9 Å². The molecule has 5 nitrogen and oxygen atoms in total. The predicted molar refractivity (Wildman–Crippen MR) is 98.8 cm³/mol. The summed E-state index contributed by atoms with van der Waals surface area (Å²) < 4.78 is 5.96. The third-order valence-electron chi connectivity index (χ3n) is 4.65. The zero-order valence-electron chi connectivity index (χ0n) is 14.8. The van der Waals surface area contributed by atoms with Crippen LogP contribution in [0.25, 0.3) is 0 Å². The van der Waals surface area contributed by atoms with Gasteiger partial charge in [0.15, 0.2) is 5.96 Å². The molecule has 1 aromatic carbocycles. The molecule has 0 amide bonds. The minimum Gasteiger partial charge on any atom is -0.488 e. The first-order chi connectivity index (χ1) is 11.8. The third kappa shape index (κ3) is 4.87. The number of ether oxygens (including phenoxy) is 1. The van der Waals surface area contributed by atoms with Crippen LogP contribution in [-0.4, -0.2) is 56.2 Å². The quantitative estimate of drug-likeness (QED) is 0.456. The van der Waals surface area contributed by atoms with E-state index >= 15 is 0 Å². The van der Waals surface area contributed by atoms with Gasteiger partial charge in [-0.3, -0.25) is 0 Å². The number of fused-ring (bicyclic) bond motifs is 1. The van der Waals surface area contributed by atoms with E-state index in [-0.39, 0.29) is 6.10 Å². The van der Waals surface area contributed by atoms with E-state index in [2.05, 4.69) is 34.6 Å². The Labute approximate surface area is 145 Å². The monoisotopic (exact) mass is 330 g/mol. The second-order valence-corrected chi connectivity index (χ2v) is 6.60. The molecular formula is C19H30N4O. The predicted octanol–water partition coefficient (Wildman–Crippen LogP) is 2.03. The molecule has 0 aliphatic carbocycles. The zero-order valence-corrected chi connectivity index (χ0v) is 14.8. The van der Waals surface area contributed by atoms with Gasteiger partial charge in [0.25, 0.3) is 0 Å². The number of rotatable bonds is 7. The van der Waals surface area contributed by atoms with Crippen molar-refractivity contribution in [1.29, 1.82) is 0 Å². The van der Waals surface area contributed by atoms with E-state index in [9.17, 15) is 0 Å². The zero-order chi connectivity index (χ0) is 16.6. The lowest BCUT2D eigenvalue weighted by molar-refractivity contribution is 0.241. The van der Waals surface area contributed by atoms with Gasteiger partial charge in [-0.15, -0.1) is 0 Å². The third-order valence-corrected chi connectivity index (χ3v) is 4.65. The summed E-state index contributed by atoms with van der Waals surface area (Å²) >= 11 is 0. The Balaban J connectivity index is 1.40. The van der Waals surface area contributed by atoms with Crippen LogP contribution in [0.5, 0.6) is 5.75 Å². The molecule has 132 valence electrons. The lowest BCUT2D eigenvalue weighted by Gasteiger charge is -2.16. The fraction of sp³-hybridized carbons (Fsp3) is 0.632. The normalized spacial score (nSPS) is 20.7. The summed E-state index contributed by atoms with van der Waals surface area (Å²) in [6.45, 7) is 8.37. The number of aliphatic imine (C=N–C) groups is 1. The maximum Gasteiger partial charge on any atom is 0.191 e. The van der Waals surface area contributed by atoms with Crippen molar-refractivity contribution in [3.05, 3.63) is 29.8 Å². The van der Waals surface area contributed by atoms with Crippen molar-refractivity contribution in [3.63, 3.8) is 0 Å². The molecule has 2 N–H and O–H groups in total. The van der Waals surface area contributed by atoms with E-state index in [0.717, 1.165) is 37.6 Å². The number of benzene rings is 1. The van der Waals surface area contributed by atoms with Crippen LogP contribution in [0.3, 0.4) is 0 Å².